The smallest absolute Gasteiger partial charge is 0.335 e. The summed E-state index contributed by atoms with van der Waals surface area (Å²) in [5.41, 5.74) is 0.0893. The average molecular weight is 282 g/mol. The van der Waals surface area contributed by atoms with E-state index in [-0.39, 0.29) is 16.9 Å². The first kappa shape index (κ1) is 15.6. The number of carbonyl (C=O) groups excluding carboxylic acids is 2. The third-order valence-electron chi connectivity index (χ3n) is 2.31. The van der Waals surface area contributed by atoms with Gasteiger partial charge in [0.05, 0.1) is 23.5 Å². The van der Waals surface area contributed by atoms with Gasteiger partial charge in [-0.1, -0.05) is 0 Å². The molecule has 2 amide bonds. The first-order valence-corrected chi connectivity index (χ1v) is 5.60. The van der Waals surface area contributed by atoms with Crippen molar-refractivity contribution in [3.8, 4) is 0 Å². The normalized spacial score (nSPS) is 11.6. The number of benzene rings is 1. The molecule has 0 radical (unpaired) electrons. The van der Waals surface area contributed by atoms with Crippen molar-refractivity contribution in [1.29, 1.82) is 0 Å². The van der Waals surface area contributed by atoms with E-state index in [2.05, 4.69) is 10.6 Å². The molecule has 0 aromatic heterocycles. The molecule has 8 heteroatoms. The Morgan fingerprint density at radius 1 is 1.20 bits per heavy atom. The van der Waals surface area contributed by atoms with Crippen molar-refractivity contribution in [1.82, 2.24) is 0 Å². The van der Waals surface area contributed by atoms with Crippen LogP contribution in [-0.4, -0.2) is 45.8 Å². The maximum atomic E-state index is 11.5. The Morgan fingerprint density at radius 2 is 1.85 bits per heavy atom. The minimum atomic E-state index is -1.64. The second kappa shape index (κ2) is 6.64. The van der Waals surface area contributed by atoms with Gasteiger partial charge < -0.3 is 26.0 Å². The second-order valence-electron chi connectivity index (χ2n) is 3.93. The molecule has 8 nitrogen and oxygen atoms in total. The predicted molar refractivity (Wildman–Crippen MR) is 69.4 cm³/mol. The minimum absolute atomic E-state index is 0.0117. The molecular weight excluding hydrogens is 268 g/mol. The van der Waals surface area contributed by atoms with Crippen LogP contribution in [0.4, 0.5) is 11.4 Å². The Morgan fingerprint density at radius 3 is 2.35 bits per heavy atom. The summed E-state index contributed by atoms with van der Waals surface area (Å²) >= 11 is 0. The average Bonchev–Trinajstić information content (AvgIpc) is 2.38. The van der Waals surface area contributed by atoms with Crippen LogP contribution in [0.15, 0.2) is 18.2 Å². The summed E-state index contributed by atoms with van der Waals surface area (Å²) in [6.07, 6.45) is -1.64. The fraction of sp³-hybridized carbons (Fsp3) is 0.250. The summed E-state index contributed by atoms with van der Waals surface area (Å²) in [6.45, 7) is 0.471. The van der Waals surface area contributed by atoms with E-state index in [4.69, 9.17) is 10.2 Å². The molecule has 1 aromatic rings. The van der Waals surface area contributed by atoms with E-state index in [0.717, 1.165) is 6.07 Å². The molecule has 1 rings (SSSR count). The van der Waals surface area contributed by atoms with E-state index in [1.165, 1.54) is 19.1 Å². The van der Waals surface area contributed by atoms with Gasteiger partial charge in [-0.25, -0.2) is 4.79 Å². The number of aliphatic hydroxyl groups excluding tert-OH is 2. The van der Waals surface area contributed by atoms with Gasteiger partial charge in [0, 0.05) is 6.92 Å². The minimum Gasteiger partial charge on any atom is -0.478 e. The molecule has 0 heterocycles. The van der Waals surface area contributed by atoms with Gasteiger partial charge in [0.25, 0.3) is 5.91 Å². The summed E-state index contributed by atoms with van der Waals surface area (Å²) in [5.74, 6) is -2.54. The van der Waals surface area contributed by atoms with Crippen molar-refractivity contribution >= 4 is 29.2 Å². The molecule has 1 unspecified atom stereocenters. The maximum Gasteiger partial charge on any atom is 0.335 e. The number of hydrogen-bond acceptors (Lipinski definition) is 5. The molecule has 0 saturated carbocycles. The predicted octanol–water partition coefficient (Wildman–Crippen LogP) is -0.365. The van der Waals surface area contributed by atoms with E-state index in [0.29, 0.717) is 0 Å². The molecule has 0 spiro atoms. The Balaban J connectivity index is 3.10. The number of carbonyl (C=O) groups is 3. The molecule has 0 aliphatic carbocycles. The second-order valence-corrected chi connectivity index (χ2v) is 3.93. The number of rotatable bonds is 5. The van der Waals surface area contributed by atoms with Gasteiger partial charge in [-0.05, 0) is 18.2 Å². The van der Waals surface area contributed by atoms with Crippen LogP contribution in [0, 0.1) is 0 Å². The molecule has 108 valence electrons. The summed E-state index contributed by atoms with van der Waals surface area (Å²) < 4.78 is 0. The van der Waals surface area contributed by atoms with E-state index in [1.54, 1.807) is 0 Å². The fourth-order valence-corrected chi connectivity index (χ4v) is 1.38. The molecule has 20 heavy (non-hydrogen) atoms. The molecule has 0 saturated heterocycles. The van der Waals surface area contributed by atoms with Gasteiger partial charge in [-0.3, -0.25) is 9.59 Å². The first-order valence-electron chi connectivity index (χ1n) is 5.60. The number of hydrogen-bond donors (Lipinski definition) is 5. The molecule has 1 atom stereocenters. The summed E-state index contributed by atoms with van der Waals surface area (Å²) in [6, 6.07) is 3.70. The third-order valence-corrected chi connectivity index (χ3v) is 2.31. The molecule has 0 fully saturated rings. The molecule has 1 aromatic carbocycles. The van der Waals surface area contributed by atoms with Crippen LogP contribution in [0.1, 0.15) is 17.3 Å². The van der Waals surface area contributed by atoms with Crippen molar-refractivity contribution in [2.75, 3.05) is 17.2 Å². The lowest BCUT2D eigenvalue weighted by atomic mass is 10.1. The first-order chi connectivity index (χ1) is 9.35. The summed E-state index contributed by atoms with van der Waals surface area (Å²) in [4.78, 5) is 33.4. The van der Waals surface area contributed by atoms with Crippen molar-refractivity contribution in [3.05, 3.63) is 23.8 Å². The van der Waals surface area contributed by atoms with E-state index >= 15 is 0 Å². The standard InChI is InChI=1S/C12H14N2O6/c1-6(16)13-8-3-2-7(12(19)20)4-9(8)14-11(18)10(17)5-15/h2-4,10,15,17H,5H2,1H3,(H,13,16)(H,14,18)(H,19,20). The number of carboxylic acids is 1. The molecule has 0 aliphatic rings. The lowest BCUT2D eigenvalue weighted by Crippen LogP contribution is -2.31. The van der Waals surface area contributed by atoms with Gasteiger partial charge in [0.1, 0.15) is 0 Å². The Bertz CT molecular complexity index is 543. The third kappa shape index (κ3) is 4.04. The highest BCUT2D eigenvalue weighted by molar-refractivity contribution is 6.02. The van der Waals surface area contributed by atoms with Gasteiger partial charge >= 0.3 is 5.97 Å². The number of anilines is 2. The lowest BCUT2D eigenvalue weighted by Gasteiger charge is -2.14. The zero-order valence-corrected chi connectivity index (χ0v) is 10.6. The van der Waals surface area contributed by atoms with Crippen LogP contribution in [0.25, 0.3) is 0 Å². The van der Waals surface area contributed by atoms with Crippen molar-refractivity contribution < 1.29 is 29.7 Å². The Hall–Kier alpha value is -2.45. The number of aromatic carboxylic acids is 1. The zero-order valence-electron chi connectivity index (χ0n) is 10.6. The SMILES string of the molecule is CC(=O)Nc1ccc(C(=O)O)cc1NC(=O)C(O)CO. The van der Waals surface area contributed by atoms with Crippen LogP contribution in [0.2, 0.25) is 0 Å². The molecular formula is C12H14N2O6. The summed E-state index contributed by atoms with van der Waals surface area (Å²) in [5, 5.41) is 31.4. The maximum absolute atomic E-state index is 11.5. The number of aliphatic hydroxyl groups is 2. The number of carboxylic acid groups (broad SMARTS) is 1. The Kier molecular flexibility index (Phi) is 5.18. The lowest BCUT2D eigenvalue weighted by molar-refractivity contribution is -0.125. The van der Waals surface area contributed by atoms with Crippen LogP contribution in [0.3, 0.4) is 0 Å². The van der Waals surface area contributed by atoms with Gasteiger partial charge in [0.2, 0.25) is 5.91 Å². The van der Waals surface area contributed by atoms with Crippen LogP contribution in [-0.2, 0) is 9.59 Å². The monoisotopic (exact) mass is 282 g/mol. The van der Waals surface area contributed by atoms with E-state index in [1.807, 2.05) is 0 Å². The number of nitrogens with one attached hydrogen (secondary N) is 2. The Labute approximate surface area is 114 Å². The highest BCUT2D eigenvalue weighted by atomic mass is 16.4. The fourth-order valence-electron chi connectivity index (χ4n) is 1.38. The van der Waals surface area contributed by atoms with E-state index in [9.17, 15) is 19.5 Å². The van der Waals surface area contributed by atoms with Gasteiger partial charge in [-0.2, -0.15) is 0 Å². The van der Waals surface area contributed by atoms with Crippen molar-refractivity contribution in [2.24, 2.45) is 0 Å². The van der Waals surface area contributed by atoms with Gasteiger partial charge in [0.15, 0.2) is 6.10 Å². The van der Waals surface area contributed by atoms with Crippen LogP contribution in [0.5, 0.6) is 0 Å². The van der Waals surface area contributed by atoms with Crippen molar-refractivity contribution in [3.63, 3.8) is 0 Å². The van der Waals surface area contributed by atoms with Crippen LogP contribution >= 0.6 is 0 Å². The molecule has 0 aliphatic heterocycles. The summed E-state index contributed by atoms with van der Waals surface area (Å²) in [7, 11) is 0. The largest absolute Gasteiger partial charge is 0.478 e. The van der Waals surface area contributed by atoms with Crippen molar-refractivity contribution in [2.45, 2.75) is 13.0 Å². The topological polar surface area (TPSA) is 136 Å². The highest BCUT2D eigenvalue weighted by Gasteiger charge is 2.17. The molecule has 0 bridgehead atoms. The molecule has 5 N–H and O–H groups in total. The number of amides is 2. The van der Waals surface area contributed by atoms with Crippen LogP contribution < -0.4 is 10.6 Å². The zero-order chi connectivity index (χ0) is 15.3. The highest BCUT2D eigenvalue weighted by Crippen LogP contribution is 2.23. The van der Waals surface area contributed by atoms with Gasteiger partial charge in [-0.15, -0.1) is 0 Å². The quantitative estimate of drug-likeness (QED) is 0.500. The van der Waals surface area contributed by atoms with E-state index < -0.39 is 30.5 Å².